The number of thioether (sulfide) groups is 1. The molecular formula is C25H23N3O3S2. The van der Waals surface area contributed by atoms with Crippen LogP contribution in [0.15, 0.2) is 71.1 Å². The van der Waals surface area contributed by atoms with Crippen molar-refractivity contribution >= 4 is 56.5 Å². The second kappa shape index (κ2) is 10.5. The molecule has 2 N–H and O–H groups in total. The molecule has 0 aliphatic rings. The Hall–Kier alpha value is -3.36. The van der Waals surface area contributed by atoms with Crippen molar-refractivity contribution in [3.8, 4) is 5.75 Å². The quantitative estimate of drug-likeness (QED) is 0.305. The van der Waals surface area contributed by atoms with Crippen molar-refractivity contribution in [2.24, 2.45) is 0 Å². The number of amides is 2. The lowest BCUT2D eigenvalue weighted by Crippen LogP contribution is -2.14. The van der Waals surface area contributed by atoms with E-state index in [4.69, 9.17) is 4.74 Å². The van der Waals surface area contributed by atoms with Gasteiger partial charge in [-0.25, -0.2) is 4.98 Å². The normalized spacial score (nSPS) is 10.7. The summed E-state index contributed by atoms with van der Waals surface area (Å²) in [5.74, 6) is 0.615. The molecule has 6 nitrogen and oxygen atoms in total. The average molecular weight is 478 g/mol. The van der Waals surface area contributed by atoms with Gasteiger partial charge in [-0.2, -0.15) is 0 Å². The van der Waals surface area contributed by atoms with Crippen LogP contribution in [0.4, 0.5) is 11.4 Å². The summed E-state index contributed by atoms with van der Waals surface area (Å²) in [5, 5.41) is 5.85. The Bertz CT molecular complexity index is 1300. The Morgan fingerprint density at radius 3 is 2.64 bits per heavy atom. The lowest BCUT2D eigenvalue weighted by molar-refractivity contribution is -0.113. The SMILES string of the molecule is CCOc1ccccc1NC(=O)CSc1nc2ccc(NC(=O)c3ccccc3C)cc2s1. The van der Waals surface area contributed by atoms with Crippen LogP contribution >= 0.6 is 23.1 Å². The number of anilines is 2. The van der Waals surface area contributed by atoms with E-state index in [0.717, 1.165) is 20.1 Å². The minimum atomic E-state index is -0.143. The average Bonchev–Trinajstić information content (AvgIpc) is 3.22. The molecule has 2 amide bonds. The van der Waals surface area contributed by atoms with Crippen LogP contribution in [0.1, 0.15) is 22.8 Å². The van der Waals surface area contributed by atoms with Gasteiger partial charge in [-0.3, -0.25) is 9.59 Å². The molecule has 0 spiro atoms. The lowest BCUT2D eigenvalue weighted by atomic mass is 10.1. The van der Waals surface area contributed by atoms with Crippen LogP contribution in [-0.2, 0) is 4.79 Å². The minimum Gasteiger partial charge on any atom is -0.492 e. The van der Waals surface area contributed by atoms with E-state index in [-0.39, 0.29) is 17.6 Å². The van der Waals surface area contributed by atoms with Gasteiger partial charge >= 0.3 is 0 Å². The number of carbonyl (C=O) groups excluding carboxylic acids is 2. The molecule has 8 heteroatoms. The smallest absolute Gasteiger partial charge is 0.255 e. The van der Waals surface area contributed by atoms with E-state index in [2.05, 4.69) is 15.6 Å². The maximum absolute atomic E-state index is 12.6. The Balaban J connectivity index is 1.39. The maximum Gasteiger partial charge on any atom is 0.255 e. The zero-order valence-electron chi connectivity index (χ0n) is 18.3. The number of aromatic nitrogens is 1. The monoisotopic (exact) mass is 477 g/mol. The Labute approximate surface area is 200 Å². The Kier molecular flexibility index (Phi) is 7.26. The van der Waals surface area contributed by atoms with Gasteiger partial charge in [0.05, 0.1) is 28.3 Å². The Morgan fingerprint density at radius 1 is 1.03 bits per heavy atom. The molecular weight excluding hydrogens is 454 g/mol. The third kappa shape index (κ3) is 5.71. The standard InChI is InChI=1S/C25H23N3O3S2/c1-3-31-21-11-7-6-10-19(21)27-23(29)15-32-25-28-20-13-12-17(14-22(20)33-25)26-24(30)18-9-5-4-8-16(18)2/h4-14H,3,15H2,1-2H3,(H,26,30)(H,27,29). The molecule has 0 saturated carbocycles. The topological polar surface area (TPSA) is 80.3 Å². The molecule has 0 saturated heterocycles. The molecule has 3 aromatic carbocycles. The molecule has 0 aliphatic heterocycles. The first kappa shape index (κ1) is 22.8. The van der Waals surface area contributed by atoms with Crippen LogP contribution in [0.2, 0.25) is 0 Å². The van der Waals surface area contributed by atoms with Gasteiger partial charge in [0.2, 0.25) is 5.91 Å². The summed E-state index contributed by atoms with van der Waals surface area (Å²) in [6, 6.07) is 20.5. The minimum absolute atomic E-state index is 0.127. The predicted octanol–water partition coefficient (Wildman–Crippen LogP) is 5.99. The highest BCUT2D eigenvalue weighted by molar-refractivity contribution is 8.01. The van der Waals surface area contributed by atoms with Gasteiger partial charge in [-0.05, 0) is 55.8 Å². The van der Waals surface area contributed by atoms with Crippen molar-refractivity contribution in [3.05, 3.63) is 77.9 Å². The van der Waals surface area contributed by atoms with Crippen molar-refractivity contribution in [1.82, 2.24) is 4.98 Å². The maximum atomic E-state index is 12.6. The second-order valence-electron chi connectivity index (χ2n) is 7.20. The van der Waals surface area contributed by atoms with Crippen molar-refractivity contribution in [3.63, 3.8) is 0 Å². The molecule has 1 aromatic heterocycles. The fraction of sp³-hybridized carbons (Fsp3) is 0.160. The summed E-state index contributed by atoms with van der Waals surface area (Å²) >= 11 is 2.87. The van der Waals surface area contributed by atoms with Crippen LogP contribution in [-0.4, -0.2) is 29.2 Å². The van der Waals surface area contributed by atoms with E-state index >= 15 is 0 Å². The highest BCUT2D eigenvalue weighted by Crippen LogP contribution is 2.32. The molecule has 168 valence electrons. The number of para-hydroxylation sites is 2. The summed E-state index contributed by atoms with van der Waals surface area (Å²) in [6.45, 7) is 4.35. The van der Waals surface area contributed by atoms with Gasteiger partial charge in [0.25, 0.3) is 5.91 Å². The van der Waals surface area contributed by atoms with Gasteiger partial charge in [0.1, 0.15) is 5.75 Å². The molecule has 0 unspecified atom stereocenters. The summed E-state index contributed by atoms with van der Waals surface area (Å²) < 4.78 is 7.29. The molecule has 33 heavy (non-hydrogen) atoms. The van der Waals surface area contributed by atoms with Crippen LogP contribution in [0, 0.1) is 6.92 Å². The van der Waals surface area contributed by atoms with Gasteiger partial charge in [0.15, 0.2) is 4.34 Å². The molecule has 4 aromatic rings. The van der Waals surface area contributed by atoms with Gasteiger partial charge in [-0.1, -0.05) is 42.1 Å². The number of hydrogen-bond acceptors (Lipinski definition) is 6. The molecule has 1 heterocycles. The number of carbonyl (C=O) groups is 2. The molecule has 0 radical (unpaired) electrons. The van der Waals surface area contributed by atoms with E-state index in [1.165, 1.54) is 23.1 Å². The molecule has 0 fully saturated rings. The second-order valence-corrected chi connectivity index (χ2v) is 9.45. The van der Waals surface area contributed by atoms with Gasteiger partial charge in [0, 0.05) is 11.3 Å². The predicted molar refractivity (Wildman–Crippen MR) is 136 cm³/mol. The largest absolute Gasteiger partial charge is 0.492 e. The number of benzene rings is 3. The number of nitrogens with one attached hydrogen (secondary N) is 2. The summed E-state index contributed by atoms with van der Waals surface area (Å²) in [6.07, 6.45) is 0. The first-order chi connectivity index (χ1) is 16.0. The van der Waals surface area contributed by atoms with Crippen LogP contribution < -0.4 is 15.4 Å². The van der Waals surface area contributed by atoms with Crippen molar-refractivity contribution in [1.29, 1.82) is 0 Å². The zero-order valence-corrected chi connectivity index (χ0v) is 19.9. The summed E-state index contributed by atoms with van der Waals surface area (Å²) in [5.41, 5.74) is 3.77. The van der Waals surface area contributed by atoms with Crippen molar-refractivity contribution in [2.75, 3.05) is 23.0 Å². The molecule has 0 bridgehead atoms. The highest BCUT2D eigenvalue weighted by Gasteiger charge is 2.12. The molecule has 4 rings (SSSR count). The lowest BCUT2D eigenvalue weighted by Gasteiger charge is -2.10. The van der Waals surface area contributed by atoms with Crippen LogP contribution in [0.5, 0.6) is 5.75 Å². The van der Waals surface area contributed by atoms with E-state index < -0.39 is 0 Å². The third-order valence-electron chi connectivity index (χ3n) is 4.80. The van der Waals surface area contributed by atoms with Crippen molar-refractivity contribution in [2.45, 2.75) is 18.2 Å². The van der Waals surface area contributed by atoms with E-state index in [1.807, 2.05) is 80.6 Å². The van der Waals surface area contributed by atoms with E-state index in [9.17, 15) is 9.59 Å². The number of thiazole rings is 1. The first-order valence-electron chi connectivity index (χ1n) is 10.5. The summed E-state index contributed by atoms with van der Waals surface area (Å²) in [7, 11) is 0. The summed E-state index contributed by atoms with van der Waals surface area (Å²) in [4.78, 5) is 29.6. The van der Waals surface area contributed by atoms with Crippen LogP contribution in [0.25, 0.3) is 10.2 Å². The number of rotatable bonds is 8. The number of fused-ring (bicyclic) bond motifs is 1. The first-order valence-corrected chi connectivity index (χ1v) is 12.3. The zero-order chi connectivity index (χ0) is 23.2. The van der Waals surface area contributed by atoms with E-state index in [1.54, 1.807) is 0 Å². The van der Waals surface area contributed by atoms with Gasteiger partial charge in [-0.15, -0.1) is 11.3 Å². The third-order valence-corrected chi connectivity index (χ3v) is 6.97. The fourth-order valence-corrected chi connectivity index (χ4v) is 5.14. The van der Waals surface area contributed by atoms with Gasteiger partial charge < -0.3 is 15.4 Å². The van der Waals surface area contributed by atoms with Crippen LogP contribution in [0.3, 0.4) is 0 Å². The molecule has 0 atom stereocenters. The fourth-order valence-electron chi connectivity index (χ4n) is 3.23. The highest BCUT2D eigenvalue weighted by atomic mass is 32.2. The number of nitrogens with zero attached hydrogens (tertiary/aromatic N) is 1. The number of ether oxygens (including phenoxy) is 1. The van der Waals surface area contributed by atoms with Crippen molar-refractivity contribution < 1.29 is 14.3 Å². The molecule has 0 aliphatic carbocycles. The van der Waals surface area contributed by atoms with E-state index in [0.29, 0.717) is 29.3 Å². The Morgan fingerprint density at radius 2 is 1.82 bits per heavy atom. The number of aryl methyl sites for hydroxylation is 1. The number of hydrogen-bond donors (Lipinski definition) is 2.